The molecule has 2 N–H and O–H groups in total. The molecule has 0 spiro atoms. The summed E-state index contributed by atoms with van der Waals surface area (Å²) in [6.45, 7) is 5.77. The number of hydrogen-bond acceptors (Lipinski definition) is 4. The molecule has 0 saturated carbocycles. The van der Waals surface area contributed by atoms with E-state index in [4.69, 9.17) is 10.2 Å². The van der Waals surface area contributed by atoms with E-state index < -0.39 is 0 Å². The molecule has 2 aromatic heterocycles. The molecule has 2 rings (SSSR count). The lowest BCUT2D eigenvalue weighted by Gasteiger charge is -2.09. The maximum atomic E-state index is 5.81. The van der Waals surface area contributed by atoms with Gasteiger partial charge in [-0.2, -0.15) is 0 Å². The van der Waals surface area contributed by atoms with Crippen LogP contribution in [-0.4, -0.2) is 9.97 Å². The van der Waals surface area contributed by atoms with Crippen molar-refractivity contribution in [2.75, 3.05) is 0 Å². The van der Waals surface area contributed by atoms with Gasteiger partial charge in [-0.3, -0.25) is 0 Å². The van der Waals surface area contributed by atoms with E-state index in [1.807, 2.05) is 26.8 Å². The standard InChI is InChI=1S/C12H15N3O/c1-7(13)11-6-14-12(15-8(11)2)10-4-5-16-9(10)3/h4-7H,13H2,1-3H3. The van der Waals surface area contributed by atoms with E-state index in [9.17, 15) is 0 Å². The zero-order valence-electron chi connectivity index (χ0n) is 9.69. The molecule has 0 bridgehead atoms. The van der Waals surface area contributed by atoms with E-state index in [-0.39, 0.29) is 6.04 Å². The van der Waals surface area contributed by atoms with Crippen molar-refractivity contribution in [1.82, 2.24) is 9.97 Å². The van der Waals surface area contributed by atoms with Crippen molar-refractivity contribution in [2.45, 2.75) is 26.8 Å². The summed E-state index contributed by atoms with van der Waals surface area (Å²) in [5, 5.41) is 0. The molecular formula is C12H15N3O. The molecule has 0 aromatic carbocycles. The minimum atomic E-state index is -0.0421. The Bertz CT molecular complexity index is 503. The fraction of sp³-hybridized carbons (Fsp3) is 0.333. The number of nitrogens with zero attached hydrogens (tertiary/aromatic N) is 2. The number of furan rings is 1. The number of aryl methyl sites for hydroxylation is 2. The van der Waals surface area contributed by atoms with Crippen LogP contribution in [0.15, 0.2) is 22.9 Å². The van der Waals surface area contributed by atoms with Crippen LogP contribution < -0.4 is 5.73 Å². The van der Waals surface area contributed by atoms with Gasteiger partial charge in [0.15, 0.2) is 5.82 Å². The first kappa shape index (κ1) is 10.8. The van der Waals surface area contributed by atoms with Crippen molar-refractivity contribution >= 4 is 0 Å². The Balaban J connectivity index is 2.46. The predicted octanol–water partition coefficient (Wildman–Crippen LogP) is 2.37. The summed E-state index contributed by atoms with van der Waals surface area (Å²) in [5.74, 6) is 1.51. The smallest absolute Gasteiger partial charge is 0.162 e. The molecule has 84 valence electrons. The van der Waals surface area contributed by atoms with Crippen molar-refractivity contribution in [2.24, 2.45) is 5.73 Å². The van der Waals surface area contributed by atoms with Crippen LogP contribution in [0.1, 0.15) is 30.0 Å². The van der Waals surface area contributed by atoms with Crippen molar-refractivity contribution in [3.63, 3.8) is 0 Å². The lowest BCUT2D eigenvalue weighted by atomic mass is 10.1. The lowest BCUT2D eigenvalue weighted by Crippen LogP contribution is -2.09. The summed E-state index contributed by atoms with van der Waals surface area (Å²) in [7, 11) is 0. The van der Waals surface area contributed by atoms with Gasteiger partial charge in [-0.15, -0.1) is 0 Å². The molecule has 2 aromatic rings. The van der Waals surface area contributed by atoms with Crippen molar-refractivity contribution in [1.29, 1.82) is 0 Å². The second-order valence-electron chi connectivity index (χ2n) is 3.91. The first-order valence-electron chi connectivity index (χ1n) is 5.23. The summed E-state index contributed by atoms with van der Waals surface area (Å²) < 4.78 is 5.23. The fourth-order valence-corrected chi connectivity index (χ4v) is 1.67. The van der Waals surface area contributed by atoms with Crippen molar-refractivity contribution < 1.29 is 4.42 Å². The highest BCUT2D eigenvalue weighted by molar-refractivity contribution is 5.57. The van der Waals surface area contributed by atoms with Gasteiger partial charge in [0.2, 0.25) is 0 Å². The minimum Gasteiger partial charge on any atom is -0.469 e. The number of aromatic nitrogens is 2. The average Bonchev–Trinajstić information content (AvgIpc) is 2.63. The highest BCUT2D eigenvalue weighted by Crippen LogP contribution is 2.22. The Kier molecular flexibility index (Phi) is 2.75. The Morgan fingerprint density at radius 1 is 1.38 bits per heavy atom. The molecule has 2 heterocycles. The maximum Gasteiger partial charge on any atom is 0.162 e. The molecule has 4 nitrogen and oxygen atoms in total. The SMILES string of the molecule is Cc1nc(-c2ccoc2C)ncc1C(C)N. The molecule has 0 aliphatic carbocycles. The summed E-state index contributed by atoms with van der Waals surface area (Å²) in [6.07, 6.45) is 3.43. The van der Waals surface area contributed by atoms with Gasteiger partial charge in [0, 0.05) is 23.5 Å². The first-order chi connectivity index (χ1) is 7.59. The van der Waals surface area contributed by atoms with Crippen LogP contribution in [0.2, 0.25) is 0 Å². The monoisotopic (exact) mass is 217 g/mol. The lowest BCUT2D eigenvalue weighted by molar-refractivity contribution is 0.535. The second kappa shape index (κ2) is 4.06. The largest absolute Gasteiger partial charge is 0.469 e. The van der Waals surface area contributed by atoms with E-state index >= 15 is 0 Å². The molecule has 1 unspecified atom stereocenters. The second-order valence-corrected chi connectivity index (χ2v) is 3.91. The summed E-state index contributed by atoms with van der Waals surface area (Å²) in [6, 6.07) is 1.83. The van der Waals surface area contributed by atoms with Crippen LogP contribution in [0.25, 0.3) is 11.4 Å². The molecule has 4 heteroatoms. The topological polar surface area (TPSA) is 64.9 Å². The quantitative estimate of drug-likeness (QED) is 0.838. The zero-order valence-corrected chi connectivity index (χ0v) is 9.69. The van der Waals surface area contributed by atoms with Crippen LogP contribution in [0, 0.1) is 13.8 Å². The van der Waals surface area contributed by atoms with Crippen LogP contribution in [0.3, 0.4) is 0 Å². The van der Waals surface area contributed by atoms with Gasteiger partial charge < -0.3 is 10.2 Å². The first-order valence-corrected chi connectivity index (χ1v) is 5.23. The molecule has 0 radical (unpaired) electrons. The fourth-order valence-electron chi connectivity index (χ4n) is 1.67. The number of rotatable bonds is 2. The highest BCUT2D eigenvalue weighted by Gasteiger charge is 2.11. The average molecular weight is 217 g/mol. The number of nitrogens with two attached hydrogens (primary N) is 1. The number of hydrogen-bond donors (Lipinski definition) is 1. The zero-order chi connectivity index (χ0) is 11.7. The van der Waals surface area contributed by atoms with Crippen LogP contribution in [-0.2, 0) is 0 Å². The Morgan fingerprint density at radius 3 is 2.62 bits per heavy atom. The Hall–Kier alpha value is -1.68. The van der Waals surface area contributed by atoms with Crippen LogP contribution in [0.4, 0.5) is 0 Å². The van der Waals surface area contributed by atoms with Gasteiger partial charge in [-0.1, -0.05) is 0 Å². The third-order valence-corrected chi connectivity index (χ3v) is 2.61. The van der Waals surface area contributed by atoms with Gasteiger partial charge >= 0.3 is 0 Å². The molecule has 1 atom stereocenters. The predicted molar refractivity (Wildman–Crippen MR) is 61.8 cm³/mol. The van der Waals surface area contributed by atoms with Crippen molar-refractivity contribution in [3.8, 4) is 11.4 Å². The van der Waals surface area contributed by atoms with Crippen molar-refractivity contribution in [3.05, 3.63) is 35.5 Å². The van der Waals surface area contributed by atoms with Crippen LogP contribution >= 0.6 is 0 Å². The summed E-state index contributed by atoms with van der Waals surface area (Å²) in [5.41, 5.74) is 8.64. The third kappa shape index (κ3) is 1.84. The van der Waals surface area contributed by atoms with E-state index in [2.05, 4.69) is 9.97 Å². The third-order valence-electron chi connectivity index (χ3n) is 2.61. The summed E-state index contributed by atoms with van der Waals surface area (Å²) >= 11 is 0. The maximum absolute atomic E-state index is 5.81. The normalized spacial score (nSPS) is 12.8. The van der Waals surface area contributed by atoms with E-state index in [1.54, 1.807) is 12.5 Å². The van der Waals surface area contributed by atoms with Gasteiger partial charge in [-0.05, 0) is 26.8 Å². The Morgan fingerprint density at radius 2 is 2.12 bits per heavy atom. The molecule has 0 aliphatic rings. The van der Waals surface area contributed by atoms with Gasteiger partial charge in [0.25, 0.3) is 0 Å². The highest BCUT2D eigenvalue weighted by atomic mass is 16.3. The summed E-state index contributed by atoms with van der Waals surface area (Å²) in [4.78, 5) is 8.76. The minimum absolute atomic E-state index is 0.0421. The van der Waals surface area contributed by atoms with Crippen LogP contribution in [0.5, 0.6) is 0 Å². The Labute approximate surface area is 94.5 Å². The van der Waals surface area contributed by atoms with E-state index in [1.165, 1.54) is 0 Å². The van der Waals surface area contributed by atoms with Gasteiger partial charge in [-0.25, -0.2) is 9.97 Å². The molecular weight excluding hydrogens is 202 g/mol. The molecule has 0 saturated heterocycles. The van der Waals surface area contributed by atoms with E-state index in [0.717, 1.165) is 22.6 Å². The molecule has 0 aliphatic heterocycles. The molecule has 0 fully saturated rings. The van der Waals surface area contributed by atoms with E-state index in [0.29, 0.717) is 5.82 Å². The van der Waals surface area contributed by atoms with Gasteiger partial charge in [0.05, 0.1) is 11.8 Å². The molecule has 0 amide bonds. The molecule has 16 heavy (non-hydrogen) atoms. The van der Waals surface area contributed by atoms with Gasteiger partial charge in [0.1, 0.15) is 5.76 Å².